The Morgan fingerprint density at radius 2 is 1.22 bits per heavy atom. The minimum Gasteiger partial charge on any atom is -0.465 e. The molecule has 4 aromatic heterocycles. The summed E-state index contributed by atoms with van der Waals surface area (Å²) < 4.78 is 38.8. The molecule has 1 amide bonds. The monoisotopic (exact) mass is 849 g/mol. The second-order valence-corrected chi connectivity index (χ2v) is 14.5. The van der Waals surface area contributed by atoms with Gasteiger partial charge < -0.3 is 25.4 Å². The summed E-state index contributed by atoms with van der Waals surface area (Å²) in [4.78, 5) is 41.7. The second-order valence-electron chi connectivity index (χ2n) is 13.7. The molecule has 1 unspecified atom stereocenters. The summed E-state index contributed by atoms with van der Waals surface area (Å²) in [6.07, 6.45) is 10.1. The number of nitrogens with zero attached hydrogens (tertiary/aromatic N) is 4. The van der Waals surface area contributed by atoms with Crippen LogP contribution >= 0.6 is 23.2 Å². The number of esters is 1. The molecule has 1 saturated heterocycles. The zero-order valence-corrected chi connectivity index (χ0v) is 34.3. The molecule has 11 nitrogen and oxygen atoms in total. The summed E-state index contributed by atoms with van der Waals surface area (Å²) in [6.45, 7) is 12.8. The van der Waals surface area contributed by atoms with Gasteiger partial charge in [-0.1, -0.05) is 36.4 Å². The lowest BCUT2D eigenvalue weighted by Gasteiger charge is -2.17. The smallest absolute Gasteiger partial charge is 0.341 e. The highest BCUT2D eigenvalue weighted by Gasteiger charge is 2.22. The molecule has 1 fully saturated rings. The molecule has 3 N–H and O–H groups in total. The van der Waals surface area contributed by atoms with Gasteiger partial charge in [-0.2, -0.15) is 0 Å². The molecular weight excluding hydrogens is 811 g/mol. The number of halogens is 4. The Bertz CT molecular complexity index is 2600. The topological polar surface area (TPSA) is 140 Å². The Morgan fingerprint density at radius 1 is 0.717 bits per heavy atom. The number of amides is 1. The summed E-state index contributed by atoms with van der Waals surface area (Å²) in [5.41, 5.74) is 7.27. The van der Waals surface area contributed by atoms with Crippen LogP contribution in [0.15, 0.2) is 111 Å². The van der Waals surface area contributed by atoms with E-state index < -0.39 is 17.6 Å². The molecular formula is C45H39Cl2F2N7O4. The van der Waals surface area contributed by atoms with E-state index in [0.29, 0.717) is 63.0 Å². The number of hydrogen-bond acceptors (Lipinski definition) is 10. The number of benzene rings is 2. The summed E-state index contributed by atoms with van der Waals surface area (Å²) in [5.74, 6) is -1.64. The van der Waals surface area contributed by atoms with E-state index in [1.165, 1.54) is 55.9 Å². The largest absolute Gasteiger partial charge is 0.465 e. The van der Waals surface area contributed by atoms with Gasteiger partial charge in [-0.15, -0.1) is 0 Å². The maximum Gasteiger partial charge on any atom is 0.341 e. The Labute approximate surface area is 355 Å². The van der Waals surface area contributed by atoms with Gasteiger partial charge in [0.05, 0.1) is 48.1 Å². The third kappa shape index (κ3) is 10.4. The molecule has 0 spiro atoms. The number of allylic oxidation sites excluding steroid dienone is 2. The first kappa shape index (κ1) is 43.0. The van der Waals surface area contributed by atoms with Gasteiger partial charge in [0.2, 0.25) is 0 Å². The average molecular weight is 851 g/mol. The number of aromatic nitrogens is 4. The number of carbonyl (C=O) groups excluding carboxylic acids is 2. The number of ether oxygens (including phenoxy) is 2. The highest BCUT2D eigenvalue weighted by Crippen LogP contribution is 2.34. The molecule has 1 aliphatic heterocycles. The average Bonchev–Trinajstić information content (AvgIpc) is 3.76. The van der Waals surface area contributed by atoms with E-state index in [1.807, 2.05) is 13.8 Å². The molecule has 7 rings (SSSR count). The van der Waals surface area contributed by atoms with Gasteiger partial charge in [0.15, 0.2) is 0 Å². The van der Waals surface area contributed by atoms with Crippen LogP contribution < -0.4 is 16.0 Å². The van der Waals surface area contributed by atoms with Crippen molar-refractivity contribution in [2.24, 2.45) is 0 Å². The van der Waals surface area contributed by atoms with Crippen molar-refractivity contribution in [3.63, 3.8) is 0 Å². The SMILES string of the molecule is C=C(C)c1cnc(-c2cc(Cl)ccc2F)cc1Nc1ccncc1C(=O)NC1CCOC1.C=C(C)c1cnc(-c2cc(Cl)ccc2F)cc1Nc1ccncc1C(=O)OC. The number of pyridine rings is 4. The highest BCUT2D eigenvalue weighted by molar-refractivity contribution is 6.31. The van der Waals surface area contributed by atoms with E-state index in [0.717, 1.165) is 28.7 Å². The lowest BCUT2D eigenvalue weighted by molar-refractivity contribution is 0.0601. The fourth-order valence-corrected chi connectivity index (χ4v) is 6.49. The molecule has 2 aromatic carbocycles. The summed E-state index contributed by atoms with van der Waals surface area (Å²) in [5, 5.41) is 10.3. The highest BCUT2D eigenvalue weighted by atomic mass is 35.5. The molecule has 0 bridgehead atoms. The van der Waals surface area contributed by atoms with Gasteiger partial charge in [-0.3, -0.25) is 24.7 Å². The predicted octanol–water partition coefficient (Wildman–Crippen LogP) is 10.7. The lowest BCUT2D eigenvalue weighted by Crippen LogP contribution is -2.35. The quantitative estimate of drug-likeness (QED) is 0.108. The Hall–Kier alpha value is -6.54. The van der Waals surface area contributed by atoms with Crippen LogP contribution in [0.25, 0.3) is 33.7 Å². The van der Waals surface area contributed by atoms with Crippen molar-refractivity contribution in [3.05, 3.63) is 155 Å². The van der Waals surface area contributed by atoms with Crippen LogP contribution in [0.5, 0.6) is 0 Å². The van der Waals surface area contributed by atoms with E-state index in [4.69, 9.17) is 32.7 Å². The van der Waals surface area contributed by atoms with Crippen LogP contribution in [-0.2, 0) is 9.47 Å². The normalized spacial score (nSPS) is 13.1. The van der Waals surface area contributed by atoms with E-state index in [1.54, 1.807) is 49.1 Å². The van der Waals surface area contributed by atoms with Crippen LogP contribution in [-0.4, -0.2) is 58.2 Å². The van der Waals surface area contributed by atoms with Crippen molar-refractivity contribution < 1.29 is 27.8 Å². The Kier molecular flexibility index (Phi) is 14.0. The number of carbonyl (C=O) groups is 2. The van der Waals surface area contributed by atoms with Gasteiger partial charge in [-0.05, 0) is 92.1 Å². The number of hydrogen-bond donors (Lipinski definition) is 3. The van der Waals surface area contributed by atoms with Crippen LogP contribution in [0.4, 0.5) is 31.5 Å². The van der Waals surface area contributed by atoms with Crippen LogP contribution in [0.2, 0.25) is 10.0 Å². The molecule has 60 heavy (non-hydrogen) atoms. The van der Waals surface area contributed by atoms with Gasteiger partial charge in [0, 0.05) is 87.5 Å². The van der Waals surface area contributed by atoms with Crippen molar-refractivity contribution >= 4 is 69.0 Å². The van der Waals surface area contributed by atoms with Crippen LogP contribution in [0.3, 0.4) is 0 Å². The molecule has 0 aliphatic carbocycles. The zero-order valence-electron chi connectivity index (χ0n) is 32.8. The van der Waals surface area contributed by atoms with E-state index in [2.05, 4.69) is 49.0 Å². The fraction of sp³-hybridized carbons (Fsp3) is 0.156. The molecule has 15 heteroatoms. The van der Waals surface area contributed by atoms with E-state index >= 15 is 0 Å². The summed E-state index contributed by atoms with van der Waals surface area (Å²) in [7, 11) is 1.30. The molecule has 306 valence electrons. The van der Waals surface area contributed by atoms with Crippen molar-refractivity contribution in [1.82, 2.24) is 25.3 Å². The fourth-order valence-electron chi connectivity index (χ4n) is 6.14. The molecule has 5 heterocycles. The Morgan fingerprint density at radius 3 is 1.68 bits per heavy atom. The van der Waals surface area contributed by atoms with Crippen molar-refractivity contribution in [2.45, 2.75) is 26.3 Å². The first-order valence-corrected chi connectivity index (χ1v) is 19.2. The minimum absolute atomic E-state index is 0.0279. The van der Waals surface area contributed by atoms with E-state index in [-0.39, 0.29) is 28.6 Å². The maximum atomic E-state index is 14.4. The van der Waals surface area contributed by atoms with Gasteiger partial charge in [0.25, 0.3) is 5.91 Å². The zero-order chi connectivity index (χ0) is 42.9. The summed E-state index contributed by atoms with van der Waals surface area (Å²) >= 11 is 12.1. The van der Waals surface area contributed by atoms with Crippen molar-refractivity contribution in [2.75, 3.05) is 31.0 Å². The number of rotatable bonds is 11. The number of methoxy groups -OCH3 is 1. The van der Waals surface area contributed by atoms with Crippen LogP contribution in [0, 0.1) is 11.6 Å². The third-order valence-electron chi connectivity index (χ3n) is 9.23. The maximum absolute atomic E-state index is 14.4. The second kappa shape index (κ2) is 19.5. The lowest BCUT2D eigenvalue weighted by atomic mass is 10.0. The standard InChI is InChI=1S/C24H22ClFN4O2.C21H17ClFN3O2/c1-14(2)18-12-28-22(17-9-15(25)3-4-20(17)26)10-23(18)30-21-5-7-27-11-19(21)24(31)29-16-6-8-32-13-16;1-12(2)15-11-25-19(14-8-13(22)4-5-17(14)23)9-20(15)26-18-6-7-24-10-16(18)21(27)28-3/h3-5,7,9-12,16H,1,6,8,13H2,2H3,(H,29,31)(H,27,28,30);4-11H,1H2,2-3H3,(H,24,25,26). The Balaban J connectivity index is 0.000000203. The van der Waals surface area contributed by atoms with Crippen molar-refractivity contribution in [1.29, 1.82) is 0 Å². The third-order valence-corrected chi connectivity index (χ3v) is 9.70. The molecule has 0 saturated carbocycles. The van der Waals surface area contributed by atoms with E-state index in [9.17, 15) is 18.4 Å². The van der Waals surface area contributed by atoms with Crippen LogP contribution in [0.1, 0.15) is 52.1 Å². The predicted molar refractivity (Wildman–Crippen MR) is 232 cm³/mol. The molecule has 0 radical (unpaired) electrons. The first-order chi connectivity index (χ1) is 28.8. The molecule has 6 aromatic rings. The van der Waals surface area contributed by atoms with Gasteiger partial charge >= 0.3 is 5.97 Å². The van der Waals surface area contributed by atoms with Gasteiger partial charge in [0.1, 0.15) is 17.2 Å². The minimum atomic E-state index is -0.525. The van der Waals surface area contributed by atoms with Crippen molar-refractivity contribution in [3.8, 4) is 22.5 Å². The van der Waals surface area contributed by atoms with Gasteiger partial charge in [-0.25, -0.2) is 13.6 Å². The molecule has 1 atom stereocenters. The number of nitrogens with one attached hydrogen (secondary N) is 3. The summed E-state index contributed by atoms with van der Waals surface area (Å²) in [6, 6.07) is 15.3. The first-order valence-electron chi connectivity index (χ1n) is 18.4. The number of anilines is 4. The molecule has 1 aliphatic rings.